The zero-order valence-electron chi connectivity index (χ0n) is 21.0. The predicted molar refractivity (Wildman–Crippen MR) is 161 cm³/mol. The number of aromatic nitrogens is 1. The molecule has 9 nitrogen and oxygen atoms in total. The van der Waals surface area contributed by atoms with Crippen molar-refractivity contribution in [1.82, 2.24) is 9.99 Å². The number of rotatable bonds is 10. The number of nitrogens with one attached hydrogen (secondary N) is 1. The number of nitrogens with zero attached hydrogens (tertiary/aromatic N) is 3. The molecule has 0 spiro atoms. The lowest BCUT2D eigenvalue weighted by Crippen LogP contribution is -2.33. The van der Waals surface area contributed by atoms with Gasteiger partial charge in [0.25, 0.3) is 11.5 Å². The number of hydrogen-bond acceptors (Lipinski definition) is 7. The lowest BCUT2D eigenvalue weighted by molar-refractivity contribution is -0.121. The van der Waals surface area contributed by atoms with Crippen LogP contribution in [-0.2, 0) is 29.3 Å². The van der Waals surface area contributed by atoms with E-state index in [0.717, 1.165) is 9.13 Å². The molecule has 0 unspecified atom stereocenters. The van der Waals surface area contributed by atoms with Gasteiger partial charge in [-0.2, -0.15) is 10.4 Å². The standard InChI is InChI=1S/C26H22BrCl2IN4O5/c1-14-24(27)19(13-37-2)18(9-31)26(36)34(14)11-23(35)33-32-10-15-6-21(30)25(22(7-15)38-3)39-12-16-4-5-17(28)8-20(16)29/h4-8,10H,11-13H2,1-3H3,(H,33,35)/b32-10-. The number of methoxy groups -OCH3 is 2. The van der Waals surface area contributed by atoms with Gasteiger partial charge in [0.1, 0.15) is 24.8 Å². The molecule has 39 heavy (non-hydrogen) atoms. The third-order valence-corrected chi connectivity index (χ3v) is 7.93. The van der Waals surface area contributed by atoms with Gasteiger partial charge in [0.05, 0.1) is 23.5 Å². The molecule has 13 heteroatoms. The molecule has 3 rings (SSSR count). The van der Waals surface area contributed by atoms with Gasteiger partial charge in [0, 0.05) is 38.4 Å². The minimum atomic E-state index is -0.584. The Kier molecular flexibility index (Phi) is 11.2. The van der Waals surface area contributed by atoms with E-state index in [4.69, 9.17) is 37.4 Å². The minimum absolute atomic E-state index is 0.0812. The van der Waals surface area contributed by atoms with Crippen molar-refractivity contribution in [2.75, 3.05) is 14.2 Å². The summed E-state index contributed by atoms with van der Waals surface area (Å²) in [6.07, 6.45) is 1.44. The summed E-state index contributed by atoms with van der Waals surface area (Å²) in [5.41, 5.74) is 4.06. The van der Waals surface area contributed by atoms with Crippen molar-refractivity contribution < 1.29 is 19.0 Å². The molecule has 1 aromatic heterocycles. The topological polar surface area (TPSA) is 115 Å². The third kappa shape index (κ3) is 7.52. The molecule has 1 heterocycles. The van der Waals surface area contributed by atoms with E-state index in [1.54, 1.807) is 37.3 Å². The van der Waals surface area contributed by atoms with Crippen LogP contribution in [0.15, 0.2) is 44.7 Å². The highest BCUT2D eigenvalue weighted by atomic mass is 127. The quantitative estimate of drug-likeness (QED) is 0.165. The molecule has 2 aromatic carbocycles. The lowest BCUT2D eigenvalue weighted by Gasteiger charge is -2.15. The normalized spacial score (nSPS) is 10.9. The highest BCUT2D eigenvalue weighted by molar-refractivity contribution is 14.1. The largest absolute Gasteiger partial charge is 0.493 e. The third-order valence-electron chi connectivity index (χ3n) is 5.49. The van der Waals surface area contributed by atoms with E-state index in [0.29, 0.717) is 42.8 Å². The average Bonchev–Trinajstić information content (AvgIpc) is 2.90. The molecule has 0 radical (unpaired) electrons. The summed E-state index contributed by atoms with van der Waals surface area (Å²) in [5, 5.41) is 14.5. The number of carbonyl (C=O) groups is 1. The van der Waals surface area contributed by atoms with E-state index >= 15 is 0 Å². The van der Waals surface area contributed by atoms with Crippen LogP contribution in [-0.4, -0.2) is 30.9 Å². The highest BCUT2D eigenvalue weighted by Gasteiger charge is 2.19. The molecule has 0 saturated heterocycles. The molecule has 0 aliphatic heterocycles. The Labute approximate surface area is 256 Å². The molecule has 0 aliphatic carbocycles. The van der Waals surface area contributed by atoms with Crippen molar-refractivity contribution in [2.24, 2.45) is 5.10 Å². The number of halogens is 4. The van der Waals surface area contributed by atoms with Crippen LogP contribution in [0, 0.1) is 21.8 Å². The van der Waals surface area contributed by atoms with Gasteiger partial charge >= 0.3 is 0 Å². The summed E-state index contributed by atoms with van der Waals surface area (Å²) in [4.78, 5) is 25.4. The average molecular weight is 748 g/mol. The van der Waals surface area contributed by atoms with Crippen molar-refractivity contribution in [3.05, 3.63) is 86.7 Å². The SMILES string of the molecule is COCc1c(Br)c(C)n(CC(=O)N/N=C\c2cc(I)c(OCc3ccc(Cl)cc3Cl)c(OC)c2)c(=O)c1C#N. The number of amides is 1. The van der Waals surface area contributed by atoms with E-state index < -0.39 is 11.5 Å². The van der Waals surface area contributed by atoms with E-state index in [1.165, 1.54) is 25.0 Å². The smallest absolute Gasteiger partial charge is 0.269 e. The molecule has 0 bridgehead atoms. The summed E-state index contributed by atoms with van der Waals surface area (Å²) in [6.45, 7) is 1.63. The summed E-state index contributed by atoms with van der Waals surface area (Å²) in [6, 6.07) is 10.6. The fraction of sp³-hybridized carbons (Fsp3) is 0.231. The second-order valence-electron chi connectivity index (χ2n) is 8.04. The first kappa shape index (κ1) is 30.9. The maximum Gasteiger partial charge on any atom is 0.269 e. The van der Waals surface area contributed by atoms with Crippen LogP contribution in [0.25, 0.3) is 0 Å². The molecule has 0 atom stereocenters. The van der Waals surface area contributed by atoms with Crippen LogP contribution in [0.3, 0.4) is 0 Å². The van der Waals surface area contributed by atoms with Crippen molar-refractivity contribution in [2.45, 2.75) is 26.7 Å². The molecule has 1 N–H and O–H groups in total. The van der Waals surface area contributed by atoms with Crippen LogP contribution < -0.4 is 20.5 Å². The van der Waals surface area contributed by atoms with Gasteiger partial charge in [0.2, 0.25) is 0 Å². The molecule has 0 aliphatic rings. The molecular weight excluding hydrogens is 726 g/mol. The number of hydrazone groups is 1. The number of benzene rings is 2. The van der Waals surface area contributed by atoms with E-state index in [9.17, 15) is 14.9 Å². The van der Waals surface area contributed by atoms with Crippen molar-refractivity contribution in [1.29, 1.82) is 5.26 Å². The van der Waals surface area contributed by atoms with Gasteiger partial charge < -0.3 is 18.8 Å². The van der Waals surface area contributed by atoms with Gasteiger partial charge in [-0.15, -0.1) is 0 Å². The lowest BCUT2D eigenvalue weighted by atomic mass is 10.1. The van der Waals surface area contributed by atoms with Crippen molar-refractivity contribution >= 4 is 73.8 Å². The number of carbonyl (C=O) groups excluding carboxylic acids is 1. The van der Waals surface area contributed by atoms with Crippen molar-refractivity contribution in [3.63, 3.8) is 0 Å². The molecular formula is C26H22BrCl2IN4O5. The molecule has 3 aromatic rings. The van der Waals surface area contributed by atoms with Crippen LogP contribution in [0.2, 0.25) is 10.0 Å². The summed E-state index contributed by atoms with van der Waals surface area (Å²) in [5.74, 6) is 0.441. The first-order valence-electron chi connectivity index (χ1n) is 11.2. The molecule has 204 valence electrons. The Morgan fingerprint density at radius 2 is 2.00 bits per heavy atom. The van der Waals surface area contributed by atoms with E-state index in [1.807, 2.05) is 6.07 Å². The number of nitriles is 1. The second kappa shape index (κ2) is 14.1. The van der Waals surface area contributed by atoms with E-state index in [-0.39, 0.29) is 25.3 Å². The van der Waals surface area contributed by atoms with Crippen LogP contribution >= 0.6 is 61.7 Å². The minimum Gasteiger partial charge on any atom is -0.493 e. The Morgan fingerprint density at radius 1 is 1.26 bits per heavy atom. The zero-order chi connectivity index (χ0) is 28.7. The first-order valence-corrected chi connectivity index (χ1v) is 13.8. The fourth-order valence-electron chi connectivity index (χ4n) is 3.55. The maximum atomic E-state index is 12.8. The summed E-state index contributed by atoms with van der Waals surface area (Å²) >= 11 is 17.7. The molecule has 0 fully saturated rings. The van der Waals surface area contributed by atoms with Gasteiger partial charge in [-0.25, -0.2) is 5.43 Å². The monoisotopic (exact) mass is 746 g/mol. The van der Waals surface area contributed by atoms with Gasteiger partial charge in [-0.3, -0.25) is 9.59 Å². The molecule has 1 amide bonds. The summed E-state index contributed by atoms with van der Waals surface area (Å²) < 4.78 is 19.0. The molecule has 0 saturated carbocycles. The van der Waals surface area contributed by atoms with E-state index in [2.05, 4.69) is 49.0 Å². The Hall–Kier alpha value is -2.63. The Bertz CT molecular complexity index is 1540. The highest BCUT2D eigenvalue weighted by Crippen LogP contribution is 2.35. The van der Waals surface area contributed by atoms with Crippen LogP contribution in [0.1, 0.15) is 27.9 Å². The van der Waals surface area contributed by atoms with Gasteiger partial charge in [-0.05, 0) is 75.3 Å². The Morgan fingerprint density at radius 3 is 2.64 bits per heavy atom. The maximum absolute atomic E-state index is 12.8. The Balaban J connectivity index is 1.73. The number of ether oxygens (including phenoxy) is 3. The van der Waals surface area contributed by atoms with Gasteiger partial charge in [-0.1, -0.05) is 29.3 Å². The predicted octanol–water partition coefficient (Wildman–Crippen LogP) is 5.59. The van der Waals surface area contributed by atoms with Crippen molar-refractivity contribution in [3.8, 4) is 17.6 Å². The first-order chi connectivity index (χ1) is 18.6. The summed E-state index contributed by atoms with van der Waals surface area (Å²) in [7, 11) is 2.98. The number of pyridine rings is 1. The van der Waals surface area contributed by atoms with Gasteiger partial charge in [0.15, 0.2) is 11.5 Å². The van der Waals surface area contributed by atoms with Crippen LogP contribution in [0.4, 0.5) is 0 Å². The zero-order valence-corrected chi connectivity index (χ0v) is 26.2. The van der Waals surface area contributed by atoms with Crippen LogP contribution in [0.5, 0.6) is 11.5 Å². The number of hydrogen-bond donors (Lipinski definition) is 1. The second-order valence-corrected chi connectivity index (χ2v) is 10.8. The fourth-order valence-corrected chi connectivity index (χ4v) is 5.32.